The van der Waals surface area contributed by atoms with Gasteiger partial charge in [-0.25, -0.2) is 8.78 Å². The fraction of sp³-hybridized carbons (Fsp3) is 0.105. The molecule has 152 valence electrons. The number of carbonyl (C=O) groups excluding carboxylic acids is 1. The Morgan fingerprint density at radius 3 is 2.59 bits per heavy atom. The Morgan fingerprint density at radius 1 is 1.21 bits per heavy atom. The van der Waals surface area contributed by atoms with Crippen LogP contribution in [0.3, 0.4) is 0 Å². The van der Waals surface area contributed by atoms with Crippen LogP contribution in [0.2, 0.25) is 5.02 Å². The number of carbonyl (C=O) groups is 1. The summed E-state index contributed by atoms with van der Waals surface area (Å²) in [5.41, 5.74) is 0.405. The minimum Gasteiger partial charge on any atom is -0.331 e. The second-order valence-corrected chi connectivity index (χ2v) is 9.72. The summed E-state index contributed by atoms with van der Waals surface area (Å²) in [5.74, 6) is -3.02. The molecule has 1 amide bonds. The molecule has 0 aliphatic heterocycles. The van der Waals surface area contributed by atoms with Crippen LogP contribution in [0.25, 0.3) is 16.2 Å². The molecule has 1 heterocycles. The number of amides is 1. The maximum Gasteiger partial charge on any atom is 0.345 e. The zero-order chi connectivity index (χ0) is 21.4. The first-order valence-electron chi connectivity index (χ1n) is 8.19. The molecule has 0 aliphatic carbocycles. The minimum absolute atomic E-state index is 0.145. The number of thiophene rings is 1. The van der Waals surface area contributed by atoms with Crippen LogP contribution < -0.4 is 5.32 Å². The summed E-state index contributed by atoms with van der Waals surface area (Å²) in [6.45, 7) is 1.15. The van der Waals surface area contributed by atoms with Crippen molar-refractivity contribution in [1.29, 1.82) is 0 Å². The monoisotopic (exact) mass is 457 g/mol. The highest BCUT2D eigenvalue weighted by Gasteiger charge is 2.51. The average molecular weight is 458 g/mol. The van der Waals surface area contributed by atoms with Gasteiger partial charge in [-0.05, 0) is 65.2 Å². The van der Waals surface area contributed by atoms with Gasteiger partial charge in [-0.3, -0.25) is 9.36 Å². The average Bonchev–Trinajstić information content (AvgIpc) is 3.06. The van der Waals surface area contributed by atoms with Gasteiger partial charge in [0.1, 0.15) is 0 Å². The largest absolute Gasteiger partial charge is 0.345 e. The van der Waals surface area contributed by atoms with Crippen LogP contribution in [0.15, 0.2) is 48.0 Å². The van der Waals surface area contributed by atoms with Gasteiger partial charge in [-0.1, -0.05) is 17.7 Å². The van der Waals surface area contributed by atoms with E-state index in [0.29, 0.717) is 15.1 Å². The van der Waals surface area contributed by atoms with Crippen molar-refractivity contribution in [3.8, 4) is 0 Å². The summed E-state index contributed by atoms with van der Waals surface area (Å²) in [6.07, 6.45) is 2.40. The molecule has 3 rings (SSSR count). The summed E-state index contributed by atoms with van der Waals surface area (Å²) >= 11 is 7.24. The summed E-state index contributed by atoms with van der Waals surface area (Å²) in [4.78, 5) is 32.8. The van der Waals surface area contributed by atoms with Crippen LogP contribution in [0.1, 0.15) is 18.1 Å². The molecule has 29 heavy (non-hydrogen) atoms. The van der Waals surface area contributed by atoms with E-state index in [-0.39, 0.29) is 11.1 Å². The molecule has 0 fully saturated rings. The van der Waals surface area contributed by atoms with Crippen molar-refractivity contribution in [2.45, 2.75) is 12.1 Å². The number of halogens is 3. The van der Waals surface area contributed by atoms with E-state index in [1.807, 2.05) is 0 Å². The van der Waals surface area contributed by atoms with Crippen molar-refractivity contribution in [2.24, 2.45) is 0 Å². The molecule has 0 bridgehead atoms. The molecule has 0 spiro atoms. The molecule has 0 saturated carbocycles. The number of fused-ring (bicyclic) bond motifs is 1. The second-order valence-electron chi connectivity index (χ2n) is 6.39. The van der Waals surface area contributed by atoms with E-state index < -0.39 is 30.3 Å². The number of rotatable bonds is 5. The molecule has 5 nitrogen and oxygen atoms in total. The SMILES string of the molecule is CC(C(=O)NC=Cc1ccc(F)c(F)c1)(c1csc2ccc(Cl)cc12)P(=O)(O)O. The van der Waals surface area contributed by atoms with Crippen LogP contribution in [-0.4, -0.2) is 15.7 Å². The lowest BCUT2D eigenvalue weighted by molar-refractivity contribution is -0.123. The third-order valence-corrected chi connectivity index (χ3v) is 7.33. The Kier molecular flexibility index (Phi) is 5.94. The molecule has 1 aromatic heterocycles. The lowest BCUT2D eigenvalue weighted by Crippen LogP contribution is -2.39. The third-order valence-electron chi connectivity index (χ3n) is 4.52. The summed E-state index contributed by atoms with van der Waals surface area (Å²) in [7, 11) is -4.97. The molecule has 3 N–H and O–H groups in total. The Morgan fingerprint density at radius 2 is 1.93 bits per heavy atom. The summed E-state index contributed by atoms with van der Waals surface area (Å²) in [6, 6.07) is 8.03. The number of hydrogen-bond acceptors (Lipinski definition) is 3. The molecule has 1 unspecified atom stereocenters. The summed E-state index contributed by atoms with van der Waals surface area (Å²) < 4.78 is 39.3. The van der Waals surface area contributed by atoms with Crippen LogP contribution in [-0.2, 0) is 14.5 Å². The first kappa shape index (κ1) is 21.6. The van der Waals surface area contributed by atoms with Gasteiger partial charge < -0.3 is 15.1 Å². The first-order chi connectivity index (χ1) is 13.5. The maximum absolute atomic E-state index is 13.3. The van der Waals surface area contributed by atoms with Gasteiger partial charge in [0.15, 0.2) is 16.8 Å². The van der Waals surface area contributed by atoms with Crippen molar-refractivity contribution >= 4 is 52.6 Å². The van der Waals surface area contributed by atoms with Crippen LogP contribution in [0.5, 0.6) is 0 Å². The van der Waals surface area contributed by atoms with Gasteiger partial charge in [0.2, 0.25) is 5.91 Å². The van der Waals surface area contributed by atoms with Crippen molar-refractivity contribution in [1.82, 2.24) is 5.32 Å². The van der Waals surface area contributed by atoms with Gasteiger partial charge in [0.25, 0.3) is 0 Å². The van der Waals surface area contributed by atoms with Crippen molar-refractivity contribution in [3.05, 3.63) is 75.8 Å². The van der Waals surface area contributed by atoms with E-state index in [1.54, 1.807) is 18.2 Å². The van der Waals surface area contributed by atoms with Gasteiger partial charge in [0.05, 0.1) is 0 Å². The topological polar surface area (TPSA) is 86.6 Å². The Labute approximate surface area is 173 Å². The van der Waals surface area contributed by atoms with Crippen molar-refractivity contribution in [2.75, 3.05) is 0 Å². The van der Waals surface area contributed by atoms with E-state index in [1.165, 1.54) is 28.9 Å². The molecule has 10 heteroatoms. The predicted octanol–water partition coefficient (Wildman–Crippen LogP) is 5.01. The molecule has 3 aromatic rings. The fourth-order valence-corrected chi connectivity index (χ4v) is 4.90. The first-order valence-corrected chi connectivity index (χ1v) is 11.1. The minimum atomic E-state index is -4.97. The molecule has 0 saturated heterocycles. The second kappa shape index (κ2) is 7.97. The van der Waals surface area contributed by atoms with Gasteiger partial charge in [-0.15, -0.1) is 11.3 Å². The van der Waals surface area contributed by atoms with Crippen LogP contribution in [0.4, 0.5) is 8.78 Å². The standard InChI is InChI=1S/C19H15ClF2NO4PS/c1-19(28(25,26)27,14-10-29-17-5-3-12(20)9-13(14)17)18(24)23-7-6-11-2-4-15(21)16(22)8-11/h2-10H,1H3,(H,23,24)(H2,25,26,27). The third kappa shape index (κ3) is 4.13. The number of benzene rings is 2. The lowest BCUT2D eigenvalue weighted by Gasteiger charge is -2.28. The summed E-state index contributed by atoms with van der Waals surface area (Å²) in [5, 5.41) is 2.48. The maximum atomic E-state index is 13.3. The molecular weight excluding hydrogens is 443 g/mol. The van der Waals surface area contributed by atoms with Gasteiger partial charge in [-0.2, -0.15) is 0 Å². The molecule has 0 radical (unpaired) electrons. The van der Waals surface area contributed by atoms with Crippen LogP contribution >= 0.6 is 30.5 Å². The molecule has 2 aromatic carbocycles. The number of nitrogens with one attached hydrogen (secondary N) is 1. The Balaban J connectivity index is 1.96. The quantitative estimate of drug-likeness (QED) is 0.470. The molecular formula is C19H15ClF2NO4PS. The van der Waals surface area contributed by atoms with Crippen molar-refractivity contribution in [3.63, 3.8) is 0 Å². The van der Waals surface area contributed by atoms with Crippen LogP contribution in [0, 0.1) is 11.6 Å². The zero-order valence-electron chi connectivity index (χ0n) is 14.9. The van der Waals surface area contributed by atoms with E-state index >= 15 is 0 Å². The van der Waals surface area contributed by atoms with E-state index in [0.717, 1.165) is 25.3 Å². The smallest absolute Gasteiger partial charge is 0.331 e. The lowest BCUT2D eigenvalue weighted by atomic mass is 9.98. The number of hydrogen-bond donors (Lipinski definition) is 3. The van der Waals surface area contributed by atoms with E-state index in [9.17, 15) is 27.9 Å². The van der Waals surface area contributed by atoms with Gasteiger partial charge in [0, 0.05) is 15.9 Å². The predicted molar refractivity (Wildman–Crippen MR) is 110 cm³/mol. The highest BCUT2D eigenvalue weighted by Crippen LogP contribution is 2.59. The van der Waals surface area contributed by atoms with E-state index in [4.69, 9.17) is 11.6 Å². The zero-order valence-corrected chi connectivity index (χ0v) is 17.4. The fourth-order valence-electron chi connectivity index (χ4n) is 2.76. The highest BCUT2D eigenvalue weighted by molar-refractivity contribution is 7.54. The highest BCUT2D eigenvalue weighted by atomic mass is 35.5. The Hall–Kier alpha value is -2.09. The Bertz CT molecular complexity index is 1180. The van der Waals surface area contributed by atoms with Crippen molar-refractivity contribution < 1.29 is 27.9 Å². The van der Waals surface area contributed by atoms with E-state index in [2.05, 4.69) is 5.32 Å². The van der Waals surface area contributed by atoms with Gasteiger partial charge >= 0.3 is 7.60 Å². The molecule has 1 atom stereocenters. The molecule has 0 aliphatic rings. The normalized spacial score (nSPS) is 14.3.